The monoisotopic (exact) mass is 377 g/mol. The number of amides is 2. The molecule has 0 saturated carbocycles. The molecule has 0 spiro atoms. The fraction of sp³-hybridized carbons (Fsp3) is 0.600. The smallest absolute Gasteiger partial charge is 0.239 e. The van der Waals surface area contributed by atoms with Crippen LogP contribution >= 0.6 is 12.4 Å². The van der Waals surface area contributed by atoms with Gasteiger partial charge in [-0.25, -0.2) is 0 Å². The van der Waals surface area contributed by atoms with Crippen molar-refractivity contribution in [2.75, 3.05) is 24.5 Å². The van der Waals surface area contributed by atoms with E-state index in [2.05, 4.69) is 11.4 Å². The van der Waals surface area contributed by atoms with Gasteiger partial charge in [-0.05, 0) is 69.3 Å². The highest BCUT2D eigenvalue weighted by Gasteiger charge is 2.45. The van der Waals surface area contributed by atoms with Gasteiger partial charge in [0.2, 0.25) is 11.8 Å². The third-order valence-electron chi connectivity index (χ3n) is 5.93. The van der Waals surface area contributed by atoms with Crippen LogP contribution in [0.15, 0.2) is 18.2 Å². The molecule has 2 amide bonds. The van der Waals surface area contributed by atoms with Crippen LogP contribution in [-0.4, -0.2) is 48.4 Å². The summed E-state index contributed by atoms with van der Waals surface area (Å²) in [5, 5.41) is 3.42. The quantitative estimate of drug-likeness (QED) is 0.805. The van der Waals surface area contributed by atoms with E-state index in [0.717, 1.165) is 49.2 Å². The highest BCUT2D eigenvalue weighted by Crippen LogP contribution is 2.33. The Morgan fingerprint density at radius 1 is 1.04 bits per heavy atom. The summed E-state index contributed by atoms with van der Waals surface area (Å²) in [6.45, 7) is 6.56. The fourth-order valence-electron chi connectivity index (χ4n) is 4.79. The van der Waals surface area contributed by atoms with E-state index in [9.17, 15) is 9.59 Å². The molecule has 3 atom stereocenters. The van der Waals surface area contributed by atoms with Crippen molar-refractivity contribution >= 4 is 29.9 Å². The molecule has 26 heavy (non-hydrogen) atoms. The highest BCUT2D eigenvalue weighted by atomic mass is 35.5. The van der Waals surface area contributed by atoms with Gasteiger partial charge in [-0.1, -0.05) is 6.07 Å². The topological polar surface area (TPSA) is 52.7 Å². The molecule has 4 rings (SSSR count). The zero-order valence-electron chi connectivity index (χ0n) is 15.5. The Bertz CT molecular complexity index is 674. The first-order valence-electron chi connectivity index (χ1n) is 9.47. The van der Waals surface area contributed by atoms with E-state index in [1.165, 1.54) is 0 Å². The molecule has 1 aromatic rings. The first kappa shape index (κ1) is 19.2. The van der Waals surface area contributed by atoms with Crippen LogP contribution in [0.4, 0.5) is 5.69 Å². The number of carbonyl (C=O) groups is 2. The van der Waals surface area contributed by atoms with Crippen molar-refractivity contribution in [3.63, 3.8) is 0 Å². The largest absolute Gasteiger partial charge is 0.335 e. The van der Waals surface area contributed by atoms with E-state index in [-0.39, 0.29) is 30.3 Å². The minimum absolute atomic E-state index is 0. The maximum absolute atomic E-state index is 13.2. The van der Waals surface area contributed by atoms with Crippen molar-refractivity contribution < 1.29 is 9.59 Å². The number of halogens is 1. The Labute approximate surface area is 161 Å². The second-order valence-electron chi connectivity index (χ2n) is 7.80. The lowest BCUT2D eigenvalue weighted by molar-refractivity contribution is -0.142. The van der Waals surface area contributed by atoms with Gasteiger partial charge in [0.1, 0.15) is 5.92 Å². The van der Waals surface area contributed by atoms with Gasteiger partial charge in [-0.3, -0.25) is 9.59 Å². The Kier molecular flexibility index (Phi) is 5.58. The maximum atomic E-state index is 13.2. The Hall–Kier alpha value is -1.59. The van der Waals surface area contributed by atoms with Gasteiger partial charge < -0.3 is 15.1 Å². The molecule has 5 nitrogen and oxygen atoms in total. The molecule has 0 radical (unpaired) electrons. The van der Waals surface area contributed by atoms with Gasteiger partial charge in [-0.15, -0.1) is 12.4 Å². The van der Waals surface area contributed by atoms with E-state index in [0.29, 0.717) is 19.0 Å². The predicted molar refractivity (Wildman–Crippen MR) is 105 cm³/mol. The number of nitrogens with one attached hydrogen (secondary N) is 1. The predicted octanol–water partition coefficient (Wildman–Crippen LogP) is 2.43. The second kappa shape index (κ2) is 7.57. The molecule has 3 aliphatic rings. The summed E-state index contributed by atoms with van der Waals surface area (Å²) in [4.78, 5) is 30.0. The lowest BCUT2D eigenvalue weighted by Crippen LogP contribution is -2.47. The molecule has 3 aliphatic heterocycles. The van der Waals surface area contributed by atoms with Crippen molar-refractivity contribution in [2.45, 2.75) is 51.6 Å². The lowest BCUT2D eigenvalue weighted by atomic mass is 10.0. The molecule has 0 aromatic heterocycles. The molecule has 1 N–H and O–H groups in total. The number of fused-ring (bicyclic) bond motifs is 2. The highest BCUT2D eigenvalue weighted by molar-refractivity contribution is 6.09. The first-order valence-corrected chi connectivity index (χ1v) is 9.47. The zero-order valence-corrected chi connectivity index (χ0v) is 16.3. The molecule has 3 unspecified atom stereocenters. The average molecular weight is 378 g/mol. The van der Waals surface area contributed by atoms with Gasteiger partial charge in [-0.2, -0.15) is 0 Å². The fourth-order valence-corrected chi connectivity index (χ4v) is 4.79. The number of benzene rings is 1. The first-order chi connectivity index (χ1) is 12.0. The Morgan fingerprint density at radius 2 is 1.73 bits per heavy atom. The molecule has 3 heterocycles. The van der Waals surface area contributed by atoms with Gasteiger partial charge >= 0.3 is 0 Å². The lowest BCUT2D eigenvalue weighted by Gasteiger charge is -2.30. The summed E-state index contributed by atoms with van der Waals surface area (Å²) < 4.78 is 0. The van der Waals surface area contributed by atoms with E-state index < -0.39 is 5.92 Å². The van der Waals surface area contributed by atoms with Crippen LogP contribution < -0.4 is 10.2 Å². The van der Waals surface area contributed by atoms with Crippen molar-refractivity contribution in [1.29, 1.82) is 0 Å². The van der Waals surface area contributed by atoms with Gasteiger partial charge in [0.05, 0.1) is 0 Å². The number of anilines is 1. The third-order valence-corrected chi connectivity index (χ3v) is 5.93. The second-order valence-corrected chi connectivity index (χ2v) is 7.80. The summed E-state index contributed by atoms with van der Waals surface area (Å²) in [5.41, 5.74) is 3.22. The van der Waals surface area contributed by atoms with Crippen molar-refractivity contribution in [3.8, 4) is 0 Å². The number of aryl methyl sites for hydroxylation is 2. The number of nitrogens with zero attached hydrogens (tertiary/aromatic N) is 2. The summed E-state index contributed by atoms with van der Waals surface area (Å²) >= 11 is 0. The van der Waals surface area contributed by atoms with Crippen LogP contribution in [0.5, 0.6) is 0 Å². The number of hydrogen-bond donors (Lipinski definition) is 1. The van der Waals surface area contributed by atoms with Crippen molar-refractivity contribution in [3.05, 3.63) is 29.3 Å². The van der Waals surface area contributed by atoms with Gasteiger partial charge in [0, 0.05) is 30.9 Å². The van der Waals surface area contributed by atoms with E-state index in [1.54, 1.807) is 4.90 Å². The molecule has 0 aliphatic carbocycles. The third kappa shape index (κ3) is 3.35. The molecule has 3 fully saturated rings. The van der Waals surface area contributed by atoms with Crippen LogP contribution in [-0.2, 0) is 9.59 Å². The van der Waals surface area contributed by atoms with Gasteiger partial charge in [0.15, 0.2) is 0 Å². The number of hydrogen-bond acceptors (Lipinski definition) is 3. The Balaban J connectivity index is 0.00000196. The van der Waals surface area contributed by atoms with E-state index in [1.807, 2.05) is 30.9 Å². The van der Waals surface area contributed by atoms with Crippen LogP contribution in [0.25, 0.3) is 0 Å². The molecule has 6 heteroatoms. The van der Waals surface area contributed by atoms with Crippen molar-refractivity contribution in [2.24, 2.45) is 5.92 Å². The average Bonchev–Trinajstić information content (AvgIpc) is 3.04. The standard InChI is InChI=1S/C20H27N3O2.ClH/c1-13-9-14(2)11-17(10-13)22-8-6-18(19(22)24)20(25)23-15-3-4-16(23)12-21-7-5-15;/h9-11,15-16,18,21H,3-8,12H2,1-2H3;1H. The molecule has 3 saturated heterocycles. The van der Waals surface area contributed by atoms with Crippen LogP contribution in [0.3, 0.4) is 0 Å². The molecular formula is C20H28ClN3O2. The van der Waals surface area contributed by atoms with E-state index >= 15 is 0 Å². The summed E-state index contributed by atoms with van der Waals surface area (Å²) in [7, 11) is 0. The molecular weight excluding hydrogens is 350 g/mol. The van der Waals surface area contributed by atoms with E-state index in [4.69, 9.17) is 0 Å². The number of rotatable bonds is 2. The summed E-state index contributed by atoms with van der Waals surface area (Å²) in [5.74, 6) is -0.457. The number of carbonyl (C=O) groups excluding carboxylic acids is 2. The normalized spacial score (nSPS) is 28.1. The van der Waals surface area contributed by atoms with Crippen LogP contribution in [0.2, 0.25) is 0 Å². The zero-order chi connectivity index (χ0) is 17.6. The summed E-state index contributed by atoms with van der Waals surface area (Å²) in [6, 6.07) is 6.77. The van der Waals surface area contributed by atoms with Crippen molar-refractivity contribution in [1.82, 2.24) is 10.2 Å². The van der Waals surface area contributed by atoms with Gasteiger partial charge in [0.25, 0.3) is 0 Å². The maximum Gasteiger partial charge on any atom is 0.239 e. The summed E-state index contributed by atoms with van der Waals surface area (Å²) in [6.07, 6.45) is 3.78. The minimum atomic E-state index is -0.498. The molecule has 142 valence electrons. The molecule has 1 aromatic carbocycles. The Morgan fingerprint density at radius 3 is 2.46 bits per heavy atom. The van der Waals surface area contributed by atoms with Crippen LogP contribution in [0, 0.1) is 19.8 Å². The van der Waals surface area contributed by atoms with Crippen LogP contribution in [0.1, 0.15) is 36.8 Å². The molecule has 2 bridgehead atoms. The SMILES string of the molecule is Cc1cc(C)cc(N2CCC(C(=O)N3C4CCNCC3CC4)C2=O)c1.Cl. The minimum Gasteiger partial charge on any atom is -0.335 e.